The van der Waals surface area contributed by atoms with E-state index in [1.807, 2.05) is 29.0 Å². The van der Waals surface area contributed by atoms with Gasteiger partial charge in [0.2, 0.25) is 11.4 Å². The standard InChI is InChI=1S/C12H15N2O3/c1-11(2)12(16)8-13-6-4-3-5-9(13)7-14(12)10(15)17-11/h3-6,16H,7-8H2,1-2H3/q+1/t12-/m1/s1. The van der Waals surface area contributed by atoms with Crippen LogP contribution in [0, 0.1) is 0 Å². The van der Waals surface area contributed by atoms with Gasteiger partial charge in [0.05, 0.1) is 0 Å². The second kappa shape index (κ2) is 2.98. The summed E-state index contributed by atoms with van der Waals surface area (Å²) in [4.78, 5) is 13.2. The number of nitrogens with zero attached hydrogens (tertiary/aromatic N) is 2. The van der Waals surface area contributed by atoms with Gasteiger partial charge in [0.15, 0.2) is 18.3 Å². The minimum Gasteiger partial charge on any atom is -0.438 e. The molecule has 1 fully saturated rings. The lowest BCUT2D eigenvalue weighted by atomic mass is 9.92. The molecular weight excluding hydrogens is 220 g/mol. The van der Waals surface area contributed by atoms with Crippen molar-refractivity contribution in [1.82, 2.24) is 4.90 Å². The summed E-state index contributed by atoms with van der Waals surface area (Å²) in [5.74, 6) is 0. The number of hydrogen-bond donors (Lipinski definition) is 1. The molecule has 0 radical (unpaired) electrons. The molecule has 0 aromatic carbocycles. The second-order valence-corrected chi connectivity index (χ2v) is 5.10. The van der Waals surface area contributed by atoms with Crippen LogP contribution in [0.5, 0.6) is 0 Å². The van der Waals surface area contributed by atoms with Crippen LogP contribution < -0.4 is 4.57 Å². The summed E-state index contributed by atoms with van der Waals surface area (Å²) in [6.45, 7) is 4.18. The summed E-state index contributed by atoms with van der Waals surface area (Å²) >= 11 is 0. The Balaban J connectivity index is 2.11. The van der Waals surface area contributed by atoms with E-state index in [2.05, 4.69) is 0 Å². The first kappa shape index (κ1) is 10.5. The van der Waals surface area contributed by atoms with Gasteiger partial charge in [-0.1, -0.05) is 6.07 Å². The summed E-state index contributed by atoms with van der Waals surface area (Å²) in [5, 5.41) is 10.7. The molecule has 1 aromatic rings. The van der Waals surface area contributed by atoms with Gasteiger partial charge in [0.25, 0.3) is 0 Å². The van der Waals surface area contributed by atoms with Crippen LogP contribution in [0.3, 0.4) is 0 Å². The molecule has 2 aliphatic heterocycles. The molecule has 2 aliphatic rings. The zero-order valence-electron chi connectivity index (χ0n) is 9.88. The first-order valence-electron chi connectivity index (χ1n) is 5.64. The lowest BCUT2D eigenvalue weighted by molar-refractivity contribution is -0.733. The van der Waals surface area contributed by atoms with Crippen LogP contribution in [0.4, 0.5) is 4.79 Å². The molecule has 90 valence electrons. The lowest BCUT2D eigenvalue weighted by Crippen LogP contribution is -2.68. The number of amides is 1. The summed E-state index contributed by atoms with van der Waals surface area (Å²) in [6, 6.07) is 5.77. The monoisotopic (exact) mass is 235 g/mol. The van der Waals surface area contributed by atoms with Crippen molar-refractivity contribution in [3.8, 4) is 0 Å². The fourth-order valence-corrected chi connectivity index (χ4v) is 2.51. The molecular formula is C12H15N2O3+. The Kier molecular flexibility index (Phi) is 1.85. The van der Waals surface area contributed by atoms with Gasteiger partial charge in [-0.25, -0.2) is 4.79 Å². The van der Waals surface area contributed by atoms with E-state index >= 15 is 0 Å². The average molecular weight is 235 g/mol. The van der Waals surface area contributed by atoms with Crippen LogP contribution in [-0.4, -0.2) is 27.4 Å². The largest absolute Gasteiger partial charge is 0.438 e. The fourth-order valence-electron chi connectivity index (χ4n) is 2.51. The third-order valence-electron chi connectivity index (χ3n) is 3.72. The zero-order chi connectivity index (χ0) is 12.3. The molecule has 0 saturated carbocycles. The van der Waals surface area contributed by atoms with Crippen molar-refractivity contribution in [2.75, 3.05) is 0 Å². The molecule has 1 amide bonds. The number of hydrogen-bond acceptors (Lipinski definition) is 3. The maximum absolute atomic E-state index is 11.8. The quantitative estimate of drug-likeness (QED) is 0.662. The third kappa shape index (κ3) is 1.23. The molecule has 1 saturated heterocycles. The Bertz CT molecular complexity index is 500. The summed E-state index contributed by atoms with van der Waals surface area (Å²) in [5.41, 5.74) is -1.18. The van der Waals surface area contributed by atoms with Crippen molar-refractivity contribution in [2.24, 2.45) is 0 Å². The van der Waals surface area contributed by atoms with E-state index < -0.39 is 17.4 Å². The topological polar surface area (TPSA) is 53.7 Å². The van der Waals surface area contributed by atoms with Crippen molar-refractivity contribution in [1.29, 1.82) is 0 Å². The molecule has 0 aliphatic carbocycles. The number of aromatic nitrogens is 1. The molecule has 5 nitrogen and oxygen atoms in total. The van der Waals surface area contributed by atoms with Crippen molar-refractivity contribution < 1.29 is 19.2 Å². The molecule has 1 N–H and O–H groups in total. The first-order valence-corrected chi connectivity index (χ1v) is 5.64. The maximum atomic E-state index is 11.8. The Morgan fingerprint density at radius 1 is 1.47 bits per heavy atom. The molecule has 3 rings (SSSR count). The van der Waals surface area contributed by atoms with Crippen molar-refractivity contribution in [3.05, 3.63) is 30.1 Å². The zero-order valence-corrected chi connectivity index (χ0v) is 9.88. The Morgan fingerprint density at radius 3 is 3.00 bits per heavy atom. The average Bonchev–Trinajstić information content (AvgIpc) is 2.43. The summed E-state index contributed by atoms with van der Waals surface area (Å²) in [7, 11) is 0. The summed E-state index contributed by atoms with van der Waals surface area (Å²) in [6.07, 6.45) is 1.45. The van der Waals surface area contributed by atoms with E-state index in [4.69, 9.17) is 4.74 Å². The van der Waals surface area contributed by atoms with Gasteiger partial charge < -0.3 is 9.84 Å². The van der Waals surface area contributed by atoms with Gasteiger partial charge in [-0.05, 0) is 13.8 Å². The van der Waals surface area contributed by atoms with Gasteiger partial charge in [0, 0.05) is 12.1 Å². The van der Waals surface area contributed by atoms with Crippen LogP contribution in [0.25, 0.3) is 0 Å². The van der Waals surface area contributed by atoms with Crippen LogP contribution in [0.1, 0.15) is 19.5 Å². The van der Waals surface area contributed by atoms with E-state index in [0.29, 0.717) is 13.1 Å². The fraction of sp³-hybridized carbons (Fsp3) is 0.500. The number of aliphatic hydroxyl groups is 1. The molecule has 0 bridgehead atoms. The number of cyclic esters (lactones) is 1. The highest BCUT2D eigenvalue weighted by molar-refractivity contribution is 5.72. The van der Waals surface area contributed by atoms with E-state index in [0.717, 1.165) is 5.69 Å². The minimum absolute atomic E-state index is 0.335. The molecule has 17 heavy (non-hydrogen) atoms. The first-order chi connectivity index (χ1) is 7.94. The van der Waals surface area contributed by atoms with Gasteiger partial charge in [-0.2, -0.15) is 4.57 Å². The van der Waals surface area contributed by atoms with Crippen LogP contribution in [-0.2, 0) is 17.8 Å². The number of pyridine rings is 1. The second-order valence-electron chi connectivity index (χ2n) is 5.10. The van der Waals surface area contributed by atoms with Crippen molar-refractivity contribution >= 4 is 6.09 Å². The van der Waals surface area contributed by atoms with Gasteiger partial charge in [-0.15, -0.1) is 0 Å². The van der Waals surface area contributed by atoms with Crippen molar-refractivity contribution in [3.63, 3.8) is 0 Å². The van der Waals surface area contributed by atoms with E-state index in [1.165, 1.54) is 4.90 Å². The smallest absolute Gasteiger partial charge is 0.413 e. The molecule has 0 unspecified atom stereocenters. The number of carbonyl (C=O) groups excluding carboxylic acids is 1. The molecule has 0 spiro atoms. The van der Waals surface area contributed by atoms with Gasteiger partial charge in [0.1, 0.15) is 6.54 Å². The normalized spacial score (nSPS) is 29.6. The highest BCUT2D eigenvalue weighted by atomic mass is 16.6. The van der Waals surface area contributed by atoms with Gasteiger partial charge in [-0.3, -0.25) is 4.90 Å². The number of ether oxygens (including phenoxy) is 1. The highest BCUT2D eigenvalue weighted by Crippen LogP contribution is 2.39. The lowest BCUT2D eigenvalue weighted by Gasteiger charge is -2.38. The molecule has 3 heterocycles. The van der Waals surface area contributed by atoms with Crippen LogP contribution >= 0.6 is 0 Å². The number of carbonyl (C=O) groups is 1. The Hall–Kier alpha value is -1.62. The highest BCUT2D eigenvalue weighted by Gasteiger charge is 2.64. The predicted octanol–water partition coefficient (Wildman–Crippen LogP) is 0.407. The number of rotatable bonds is 0. The van der Waals surface area contributed by atoms with E-state index in [1.54, 1.807) is 13.8 Å². The summed E-state index contributed by atoms with van der Waals surface area (Å²) < 4.78 is 7.21. The Morgan fingerprint density at radius 2 is 2.24 bits per heavy atom. The third-order valence-corrected chi connectivity index (χ3v) is 3.72. The molecule has 1 atom stereocenters. The van der Waals surface area contributed by atoms with Crippen LogP contribution in [0.15, 0.2) is 24.4 Å². The van der Waals surface area contributed by atoms with Gasteiger partial charge >= 0.3 is 6.09 Å². The Labute approximate surface area is 99.2 Å². The van der Waals surface area contributed by atoms with Crippen molar-refractivity contribution in [2.45, 2.75) is 38.3 Å². The SMILES string of the molecule is CC1(C)OC(=O)N2Cc3cccc[n+]3C[C@]21O. The maximum Gasteiger partial charge on any atom is 0.413 e. The van der Waals surface area contributed by atoms with Crippen LogP contribution in [0.2, 0.25) is 0 Å². The van der Waals surface area contributed by atoms with E-state index in [9.17, 15) is 9.90 Å². The minimum atomic E-state index is -1.27. The molecule has 5 heteroatoms. The van der Waals surface area contributed by atoms with E-state index in [-0.39, 0.29) is 0 Å². The molecule has 1 aromatic heterocycles. The predicted molar refractivity (Wildman–Crippen MR) is 57.7 cm³/mol. The number of fused-ring (bicyclic) bond motifs is 2.